The highest BCUT2D eigenvalue weighted by atomic mass is 16.5. The fraction of sp³-hybridized carbons (Fsp3) is 0.500. The number of ether oxygens (including phenoxy) is 3. The summed E-state index contributed by atoms with van der Waals surface area (Å²) in [6.45, 7) is 8.64. The van der Waals surface area contributed by atoms with Gasteiger partial charge < -0.3 is 14.2 Å². The van der Waals surface area contributed by atoms with E-state index in [1.165, 1.54) is 29.5 Å². The molecule has 0 N–H and O–H groups in total. The molecule has 1 aliphatic heterocycles. The molecule has 3 aromatic rings. The van der Waals surface area contributed by atoms with E-state index in [1.807, 2.05) is 6.07 Å². The van der Waals surface area contributed by atoms with Gasteiger partial charge in [0.05, 0.1) is 18.4 Å². The monoisotopic (exact) mass is 515 g/mol. The van der Waals surface area contributed by atoms with Crippen LogP contribution in [0.5, 0.6) is 11.6 Å². The lowest BCUT2D eigenvalue weighted by Gasteiger charge is -2.23. The molecule has 0 aliphatic carbocycles. The fourth-order valence-electron chi connectivity index (χ4n) is 5.00. The second kappa shape index (κ2) is 14.9. The van der Waals surface area contributed by atoms with Gasteiger partial charge in [0.15, 0.2) is 0 Å². The van der Waals surface area contributed by atoms with Gasteiger partial charge in [-0.15, -0.1) is 0 Å². The third kappa shape index (κ3) is 8.07. The van der Waals surface area contributed by atoms with E-state index in [0.29, 0.717) is 19.1 Å². The average molecular weight is 516 g/mol. The van der Waals surface area contributed by atoms with Crippen LogP contribution in [-0.2, 0) is 30.4 Å². The van der Waals surface area contributed by atoms with Crippen LogP contribution < -0.4 is 9.47 Å². The Bertz CT molecular complexity index is 1100. The lowest BCUT2D eigenvalue weighted by molar-refractivity contribution is -0.0120. The van der Waals surface area contributed by atoms with Gasteiger partial charge in [-0.05, 0) is 73.6 Å². The Morgan fingerprint density at radius 2 is 1.55 bits per heavy atom. The van der Waals surface area contributed by atoms with Crippen LogP contribution in [0.4, 0.5) is 0 Å². The largest absolute Gasteiger partial charge is 0.493 e. The molecule has 0 spiro atoms. The number of nitrogens with zero attached hydrogens (tertiary/aromatic N) is 1. The number of aryl methyl sites for hydroxylation is 4. The molecule has 0 amide bonds. The molecular formula is C34H45NO3. The van der Waals surface area contributed by atoms with E-state index in [1.54, 1.807) is 0 Å². The van der Waals surface area contributed by atoms with Crippen molar-refractivity contribution in [1.29, 1.82) is 0 Å². The van der Waals surface area contributed by atoms with E-state index in [-0.39, 0.29) is 6.10 Å². The highest BCUT2D eigenvalue weighted by Gasteiger charge is 2.19. The molecule has 1 saturated heterocycles. The van der Waals surface area contributed by atoms with Gasteiger partial charge in [0.2, 0.25) is 5.88 Å². The molecule has 2 aromatic carbocycles. The van der Waals surface area contributed by atoms with Crippen LogP contribution in [0.2, 0.25) is 0 Å². The highest BCUT2D eigenvalue weighted by molar-refractivity contribution is 5.74. The SMILES string of the molecule is CCCCOc1cc(OCC2CCCCO2)nc(CCc2ccc(CCC)cc2)c1-c1ccc(CC)cc1. The molecular weight excluding hydrogens is 470 g/mol. The van der Waals surface area contributed by atoms with Crippen molar-refractivity contribution < 1.29 is 14.2 Å². The summed E-state index contributed by atoms with van der Waals surface area (Å²) in [7, 11) is 0. The first kappa shape index (κ1) is 28.2. The minimum absolute atomic E-state index is 0.140. The van der Waals surface area contributed by atoms with E-state index < -0.39 is 0 Å². The second-order valence-corrected chi connectivity index (χ2v) is 10.4. The van der Waals surface area contributed by atoms with Gasteiger partial charge in [-0.3, -0.25) is 0 Å². The van der Waals surface area contributed by atoms with Crippen molar-refractivity contribution >= 4 is 0 Å². The number of hydrogen-bond acceptors (Lipinski definition) is 4. The molecule has 204 valence electrons. The lowest BCUT2D eigenvalue weighted by atomic mass is 9.96. The fourth-order valence-corrected chi connectivity index (χ4v) is 5.00. The Kier molecular flexibility index (Phi) is 11.1. The Balaban J connectivity index is 1.64. The van der Waals surface area contributed by atoms with Crippen molar-refractivity contribution in [3.05, 3.63) is 77.0 Å². The lowest BCUT2D eigenvalue weighted by Crippen LogP contribution is -2.26. The Morgan fingerprint density at radius 3 is 2.21 bits per heavy atom. The minimum atomic E-state index is 0.140. The maximum atomic E-state index is 6.41. The van der Waals surface area contributed by atoms with Crippen LogP contribution in [0.25, 0.3) is 11.1 Å². The first-order chi connectivity index (χ1) is 18.7. The van der Waals surface area contributed by atoms with Crippen molar-refractivity contribution in [2.75, 3.05) is 19.8 Å². The molecule has 1 aliphatic rings. The quantitative estimate of drug-likeness (QED) is 0.203. The normalized spacial score (nSPS) is 15.4. The van der Waals surface area contributed by atoms with Crippen molar-refractivity contribution in [3.8, 4) is 22.8 Å². The topological polar surface area (TPSA) is 40.6 Å². The average Bonchev–Trinajstić information content (AvgIpc) is 2.96. The van der Waals surface area contributed by atoms with Gasteiger partial charge in [0.1, 0.15) is 12.4 Å². The van der Waals surface area contributed by atoms with Crippen LogP contribution in [0, 0.1) is 0 Å². The number of unbranched alkanes of at least 4 members (excludes halogenated alkanes) is 1. The summed E-state index contributed by atoms with van der Waals surface area (Å²) >= 11 is 0. The smallest absolute Gasteiger partial charge is 0.217 e. The molecule has 1 aromatic heterocycles. The van der Waals surface area contributed by atoms with Crippen LogP contribution in [0.3, 0.4) is 0 Å². The van der Waals surface area contributed by atoms with E-state index in [0.717, 1.165) is 80.5 Å². The zero-order valence-electron chi connectivity index (χ0n) is 23.6. The van der Waals surface area contributed by atoms with Gasteiger partial charge in [-0.2, -0.15) is 0 Å². The van der Waals surface area contributed by atoms with Crippen molar-refractivity contribution in [2.24, 2.45) is 0 Å². The maximum absolute atomic E-state index is 6.41. The summed E-state index contributed by atoms with van der Waals surface area (Å²) in [5.74, 6) is 1.50. The summed E-state index contributed by atoms with van der Waals surface area (Å²) in [5.41, 5.74) is 7.33. The van der Waals surface area contributed by atoms with Crippen molar-refractivity contribution in [3.63, 3.8) is 0 Å². The molecule has 0 bridgehead atoms. The molecule has 0 radical (unpaired) electrons. The number of hydrogen-bond donors (Lipinski definition) is 0. The third-order valence-corrected chi connectivity index (χ3v) is 7.34. The van der Waals surface area contributed by atoms with Crippen molar-refractivity contribution in [1.82, 2.24) is 4.98 Å². The molecule has 1 unspecified atom stereocenters. The second-order valence-electron chi connectivity index (χ2n) is 10.4. The molecule has 38 heavy (non-hydrogen) atoms. The molecule has 1 fully saturated rings. The van der Waals surface area contributed by atoms with E-state index >= 15 is 0 Å². The van der Waals surface area contributed by atoms with E-state index in [9.17, 15) is 0 Å². The highest BCUT2D eigenvalue weighted by Crippen LogP contribution is 2.37. The molecule has 2 heterocycles. The van der Waals surface area contributed by atoms with Gasteiger partial charge in [-0.25, -0.2) is 4.98 Å². The van der Waals surface area contributed by atoms with Crippen LogP contribution in [0.1, 0.15) is 81.7 Å². The molecule has 4 rings (SSSR count). The van der Waals surface area contributed by atoms with Gasteiger partial charge in [0.25, 0.3) is 0 Å². The summed E-state index contributed by atoms with van der Waals surface area (Å²) in [6, 6.07) is 19.9. The van der Waals surface area contributed by atoms with Gasteiger partial charge in [-0.1, -0.05) is 82.1 Å². The van der Waals surface area contributed by atoms with Crippen LogP contribution in [0.15, 0.2) is 54.6 Å². The van der Waals surface area contributed by atoms with Gasteiger partial charge in [0, 0.05) is 18.2 Å². The number of aromatic nitrogens is 1. The molecule has 0 saturated carbocycles. The zero-order chi connectivity index (χ0) is 26.6. The summed E-state index contributed by atoms with van der Waals surface area (Å²) in [5, 5.41) is 0. The standard InChI is InChI=1S/C34H45NO3/c1-4-7-22-37-32-24-33(38-25-30-11-8-9-23-36-30)35-31(34(32)29-19-16-26(6-3)17-20-29)21-18-28-14-12-27(10-5-2)13-15-28/h12-17,19-20,24,30H,4-11,18,21-23,25H2,1-3H3. The number of rotatable bonds is 14. The predicted octanol–water partition coefficient (Wildman–Crippen LogP) is 8.18. The number of benzene rings is 2. The number of pyridine rings is 1. The molecule has 1 atom stereocenters. The van der Waals surface area contributed by atoms with E-state index in [4.69, 9.17) is 19.2 Å². The predicted molar refractivity (Wildman–Crippen MR) is 156 cm³/mol. The van der Waals surface area contributed by atoms with Crippen molar-refractivity contribution in [2.45, 2.75) is 91.1 Å². The molecule has 4 heteroatoms. The zero-order valence-corrected chi connectivity index (χ0v) is 23.6. The first-order valence-electron chi connectivity index (χ1n) is 14.8. The molecule has 4 nitrogen and oxygen atoms in total. The maximum Gasteiger partial charge on any atom is 0.217 e. The summed E-state index contributed by atoms with van der Waals surface area (Å²) in [6.07, 6.45) is 10.7. The third-order valence-electron chi connectivity index (χ3n) is 7.34. The Hall–Kier alpha value is -2.85. The Morgan fingerprint density at radius 1 is 0.816 bits per heavy atom. The van der Waals surface area contributed by atoms with Gasteiger partial charge >= 0.3 is 0 Å². The first-order valence-corrected chi connectivity index (χ1v) is 14.8. The summed E-state index contributed by atoms with van der Waals surface area (Å²) < 4.78 is 18.5. The van der Waals surface area contributed by atoms with E-state index in [2.05, 4.69) is 69.3 Å². The van der Waals surface area contributed by atoms with Crippen LogP contribution >= 0.6 is 0 Å². The minimum Gasteiger partial charge on any atom is -0.493 e. The van der Waals surface area contributed by atoms with Crippen LogP contribution in [-0.4, -0.2) is 30.9 Å². The summed E-state index contributed by atoms with van der Waals surface area (Å²) in [4.78, 5) is 5.07. The Labute approximate surface area is 229 Å².